The van der Waals surface area contributed by atoms with Crippen LogP contribution in [0, 0.1) is 0 Å². The maximum Gasteiger partial charge on any atom is 0.222 e. The van der Waals surface area contributed by atoms with Crippen molar-refractivity contribution in [3.8, 4) is 0 Å². The second kappa shape index (κ2) is 3.85. The lowest BCUT2D eigenvalue weighted by Gasteiger charge is -2.13. The zero-order valence-corrected chi connectivity index (χ0v) is 7.42. The number of amides is 1. The Morgan fingerprint density at radius 1 is 1.67 bits per heavy atom. The SMILES string of the molecule is CCC(=O)N1CC(F)[C@H](OC)C1. The number of likely N-dealkylation sites (tertiary alicyclic amines) is 1. The van der Waals surface area contributed by atoms with Crippen molar-refractivity contribution in [2.75, 3.05) is 20.2 Å². The summed E-state index contributed by atoms with van der Waals surface area (Å²) in [6.45, 7) is 2.35. The summed E-state index contributed by atoms with van der Waals surface area (Å²) in [5.74, 6) is -0.00259. The van der Waals surface area contributed by atoms with Crippen molar-refractivity contribution in [2.45, 2.75) is 25.6 Å². The maximum atomic E-state index is 13.0. The van der Waals surface area contributed by atoms with Gasteiger partial charge in [0.1, 0.15) is 12.3 Å². The molecule has 0 bridgehead atoms. The lowest BCUT2D eigenvalue weighted by molar-refractivity contribution is -0.130. The molecule has 0 aromatic rings. The Kier molecular flexibility index (Phi) is 3.03. The molecule has 1 aliphatic heterocycles. The van der Waals surface area contributed by atoms with Crippen molar-refractivity contribution in [3.63, 3.8) is 0 Å². The number of carbonyl (C=O) groups is 1. The van der Waals surface area contributed by atoms with Crippen molar-refractivity contribution >= 4 is 5.91 Å². The largest absolute Gasteiger partial charge is 0.377 e. The van der Waals surface area contributed by atoms with Crippen molar-refractivity contribution in [3.05, 3.63) is 0 Å². The average molecular weight is 175 g/mol. The molecule has 1 unspecified atom stereocenters. The first-order valence-corrected chi connectivity index (χ1v) is 4.13. The summed E-state index contributed by atoms with van der Waals surface area (Å²) in [7, 11) is 1.47. The van der Waals surface area contributed by atoms with E-state index in [9.17, 15) is 9.18 Å². The van der Waals surface area contributed by atoms with E-state index in [1.165, 1.54) is 12.0 Å². The summed E-state index contributed by atoms with van der Waals surface area (Å²) in [4.78, 5) is 12.6. The molecule has 0 aromatic heterocycles. The third-order valence-corrected chi connectivity index (χ3v) is 2.16. The monoisotopic (exact) mass is 175 g/mol. The van der Waals surface area contributed by atoms with E-state index in [-0.39, 0.29) is 12.5 Å². The van der Waals surface area contributed by atoms with Crippen LogP contribution in [0.4, 0.5) is 4.39 Å². The van der Waals surface area contributed by atoms with Crippen LogP contribution in [-0.2, 0) is 9.53 Å². The summed E-state index contributed by atoms with van der Waals surface area (Å²) in [6.07, 6.45) is -1.02. The van der Waals surface area contributed by atoms with Crippen LogP contribution < -0.4 is 0 Å². The molecule has 1 rings (SSSR count). The fourth-order valence-electron chi connectivity index (χ4n) is 1.38. The first-order chi connectivity index (χ1) is 5.69. The number of hydrogen-bond donors (Lipinski definition) is 0. The Morgan fingerprint density at radius 3 is 2.75 bits per heavy atom. The molecule has 1 fully saturated rings. The molecule has 0 spiro atoms. The molecule has 12 heavy (non-hydrogen) atoms. The molecule has 1 saturated heterocycles. The summed E-state index contributed by atoms with van der Waals surface area (Å²) in [6, 6.07) is 0. The van der Waals surface area contributed by atoms with Crippen LogP contribution in [0.15, 0.2) is 0 Å². The molecular formula is C8H14FNO2. The van der Waals surface area contributed by atoms with Gasteiger partial charge in [-0.1, -0.05) is 6.92 Å². The lowest BCUT2D eigenvalue weighted by Crippen LogP contribution is -2.29. The van der Waals surface area contributed by atoms with Crippen LogP contribution in [0.5, 0.6) is 0 Å². The van der Waals surface area contributed by atoms with Crippen LogP contribution in [0.2, 0.25) is 0 Å². The fourth-order valence-corrected chi connectivity index (χ4v) is 1.38. The minimum atomic E-state index is -1.02. The second-order valence-electron chi connectivity index (χ2n) is 2.94. The third kappa shape index (κ3) is 1.75. The van der Waals surface area contributed by atoms with Crippen LogP contribution in [-0.4, -0.2) is 43.3 Å². The Bertz CT molecular complexity index is 174. The minimum Gasteiger partial charge on any atom is -0.377 e. The highest BCUT2D eigenvalue weighted by Crippen LogP contribution is 2.16. The number of methoxy groups -OCH3 is 1. The van der Waals surface area contributed by atoms with Gasteiger partial charge in [-0.3, -0.25) is 4.79 Å². The molecule has 0 aromatic carbocycles. The van der Waals surface area contributed by atoms with E-state index in [0.717, 1.165) is 0 Å². The van der Waals surface area contributed by atoms with Crippen LogP contribution in [0.3, 0.4) is 0 Å². The summed E-state index contributed by atoms with van der Waals surface area (Å²) in [5, 5.41) is 0. The van der Waals surface area contributed by atoms with Crippen LogP contribution >= 0.6 is 0 Å². The molecule has 0 saturated carbocycles. The van der Waals surface area contributed by atoms with Gasteiger partial charge in [-0.05, 0) is 0 Å². The van der Waals surface area contributed by atoms with Crippen molar-refractivity contribution in [1.29, 1.82) is 0 Å². The average Bonchev–Trinajstić information content (AvgIpc) is 2.45. The van der Waals surface area contributed by atoms with Gasteiger partial charge in [0.05, 0.1) is 6.54 Å². The summed E-state index contributed by atoms with van der Waals surface area (Å²) in [5.41, 5.74) is 0. The molecular weight excluding hydrogens is 161 g/mol. The first-order valence-electron chi connectivity index (χ1n) is 4.13. The van der Waals surface area contributed by atoms with Gasteiger partial charge in [0.2, 0.25) is 5.91 Å². The van der Waals surface area contributed by atoms with E-state index < -0.39 is 12.3 Å². The molecule has 2 atom stereocenters. The van der Waals surface area contributed by atoms with Gasteiger partial charge in [0.15, 0.2) is 0 Å². The summed E-state index contributed by atoms with van der Waals surface area (Å²) < 4.78 is 17.9. The van der Waals surface area contributed by atoms with Gasteiger partial charge in [0.25, 0.3) is 0 Å². The minimum absolute atomic E-state index is 0.00259. The Morgan fingerprint density at radius 2 is 2.33 bits per heavy atom. The number of ether oxygens (including phenoxy) is 1. The highest BCUT2D eigenvalue weighted by molar-refractivity contribution is 5.76. The third-order valence-electron chi connectivity index (χ3n) is 2.16. The molecule has 3 nitrogen and oxygen atoms in total. The van der Waals surface area contributed by atoms with Gasteiger partial charge in [-0.2, -0.15) is 0 Å². The molecule has 1 amide bonds. The van der Waals surface area contributed by atoms with Crippen molar-refractivity contribution in [2.24, 2.45) is 0 Å². The van der Waals surface area contributed by atoms with E-state index in [0.29, 0.717) is 13.0 Å². The predicted octanol–water partition coefficient (Wildman–Crippen LogP) is 0.592. The number of hydrogen-bond acceptors (Lipinski definition) is 2. The standard InChI is InChI=1S/C8H14FNO2/c1-3-8(11)10-4-6(9)7(5-10)12-2/h6-7H,3-5H2,1-2H3/t6?,7-/m1/s1. The normalized spacial score (nSPS) is 29.4. The fraction of sp³-hybridized carbons (Fsp3) is 0.875. The second-order valence-corrected chi connectivity index (χ2v) is 2.94. The molecule has 1 aliphatic rings. The van der Waals surface area contributed by atoms with Gasteiger partial charge in [-0.15, -0.1) is 0 Å². The predicted molar refractivity (Wildman–Crippen MR) is 42.6 cm³/mol. The van der Waals surface area contributed by atoms with E-state index in [1.54, 1.807) is 6.92 Å². The topological polar surface area (TPSA) is 29.5 Å². The Balaban J connectivity index is 2.48. The Labute approximate surface area is 71.5 Å². The van der Waals surface area contributed by atoms with E-state index in [1.807, 2.05) is 0 Å². The quantitative estimate of drug-likeness (QED) is 0.614. The molecule has 4 heteroatoms. The molecule has 70 valence electrons. The number of rotatable bonds is 2. The number of halogens is 1. The number of carbonyl (C=O) groups excluding carboxylic acids is 1. The highest BCUT2D eigenvalue weighted by Gasteiger charge is 2.34. The zero-order chi connectivity index (χ0) is 9.14. The van der Waals surface area contributed by atoms with Gasteiger partial charge < -0.3 is 9.64 Å². The zero-order valence-electron chi connectivity index (χ0n) is 7.42. The molecule has 0 N–H and O–H groups in total. The molecule has 0 radical (unpaired) electrons. The molecule has 1 heterocycles. The van der Waals surface area contributed by atoms with Gasteiger partial charge >= 0.3 is 0 Å². The maximum absolute atomic E-state index is 13.0. The van der Waals surface area contributed by atoms with Crippen molar-refractivity contribution in [1.82, 2.24) is 4.90 Å². The Hall–Kier alpha value is -0.640. The van der Waals surface area contributed by atoms with Gasteiger partial charge in [-0.25, -0.2) is 4.39 Å². The van der Waals surface area contributed by atoms with Crippen LogP contribution in [0.1, 0.15) is 13.3 Å². The van der Waals surface area contributed by atoms with E-state index in [4.69, 9.17) is 4.74 Å². The first kappa shape index (κ1) is 9.45. The van der Waals surface area contributed by atoms with Gasteiger partial charge in [0, 0.05) is 20.1 Å². The highest BCUT2D eigenvalue weighted by atomic mass is 19.1. The van der Waals surface area contributed by atoms with E-state index in [2.05, 4.69) is 0 Å². The van der Waals surface area contributed by atoms with Crippen molar-refractivity contribution < 1.29 is 13.9 Å². The van der Waals surface area contributed by atoms with E-state index >= 15 is 0 Å². The lowest BCUT2D eigenvalue weighted by atomic mass is 10.3. The molecule has 0 aliphatic carbocycles. The van der Waals surface area contributed by atoms with Crippen LogP contribution in [0.25, 0.3) is 0 Å². The number of nitrogens with zero attached hydrogens (tertiary/aromatic N) is 1. The number of alkyl halides is 1. The summed E-state index contributed by atoms with van der Waals surface area (Å²) >= 11 is 0. The smallest absolute Gasteiger partial charge is 0.222 e.